The minimum Gasteiger partial charge on any atom is -0.482 e. The molecule has 1 aliphatic heterocycles. The molecule has 8 aromatic carbocycles. The fourth-order valence-electron chi connectivity index (χ4n) is 9.69. The Morgan fingerprint density at radius 3 is 2.11 bits per heavy atom. The summed E-state index contributed by atoms with van der Waals surface area (Å²) in [6.07, 6.45) is 5.57. The normalized spacial score (nSPS) is 16.6. The number of hydrogen-bond donors (Lipinski definition) is 0. The lowest BCUT2D eigenvalue weighted by molar-refractivity contribution is 0.227. The summed E-state index contributed by atoms with van der Waals surface area (Å²) in [6.45, 7) is 4.75. The molecule has 0 fully saturated rings. The summed E-state index contributed by atoms with van der Waals surface area (Å²) in [7, 11) is 2.17. The first-order valence-corrected chi connectivity index (χ1v) is 19.1. The average Bonchev–Trinajstić information content (AvgIpc) is 3.45. The van der Waals surface area contributed by atoms with Crippen LogP contribution in [0.1, 0.15) is 37.0 Å². The summed E-state index contributed by atoms with van der Waals surface area (Å²) < 4.78 is 6.56. The molecule has 1 unspecified atom stereocenters. The molecule has 3 aliphatic rings. The molecule has 0 N–H and O–H groups in total. The number of allylic oxidation sites excluding steroid dienone is 2. The van der Waals surface area contributed by atoms with E-state index in [0.717, 1.165) is 17.9 Å². The molecule has 0 bridgehead atoms. The molecule has 11 rings (SSSR count). The van der Waals surface area contributed by atoms with Crippen molar-refractivity contribution in [1.29, 1.82) is 0 Å². The number of rotatable bonds is 3. The third-order valence-corrected chi connectivity index (χ3v) is 12.4. The van der Waals surface area contributed by atoms with Gasteiger partial charge in [0.25, 0.3) is 0 Å². The quantitative estimate of drug-likeness (QED) is 0.171. The smallest absolute Gasteiger partial charge is 0.143 e. The maximum absolute atomic E-state index is 6.56. The lowest BCUT2D eigenvalue weighted by Gasteiger charge is -2.38. The Labute approximate surface area is 316 Å². The van der Waals surface area contributed by atoms with Crippen LogP contribution in [0.3, 0.4) is 0 Å². The Morgan fingerprint density at radius 1 is 0.556 bits per heavy atom. The van der Waals surface area contributed by atoms with Crippen LogP contribution in [0.2, 0.25) is 0 Å². The molecular formula is C52H39NO. The van der Waals surface area contributed by atoms with Gasteiger partial charge in [-0.3, -0.25) is 0 Å². The molecule has 0 saturated carbocycles. The van der Waals surface area contributed by atoms with Gasteiger partial charge in [-0.25, -0.2) is 0 Å². The molecule has 8 aromatic rings. The van der Waals surface area contributed by atoms with E-state index in [4.69, 9.17) is 4.74 Å². The fourth-order valence-corrected chi connectivity index (χ4v) is 9.69. The van der Waals surface area contributed by atoms with Crippen molar-refractivity contribution in [1.82, 2.24) is 0 Å². The molecule has 0 aromatic heterocycles. The van der Waals surface area contributed by atoms with Crippen LogP contribution in [0.4, 0.5) is 5.69 Å². The zero-order valence-electron chi connectivity index (χ0n) is 30.7. The van der Waals surface area contributed by atoms with Crippen molar-refractivity contribution in [2.75, 3.05) is 11.9 Å². The van der Waals surface area contributed by atoms with Crippen LogP contribution in [0.15, 0.2) is 170 Å². The highest BCUT2D eigenvalue weighted by Gasteiger charge is 2.36. The third kappa shape index (κ3) is 4.47. The molecule has 258 valence electrons. The van der Waals surface area contributed by atoms with Crippen molar-refractivity contribution in [2.45, 2.75) is 31.8 Å². The molecule has 0 radical (unpaired) electrons. The first-order valence-electron chi connectivity index (χ1n) is 19.1. The second-order valence-electron chi connectivity index (χ2n) is 15.6. The predicted molar refractivity (Wildman–Crippen MR) is 227 cm³/mol. The highest BCUT2D eigenvalue weighted by atomic mass is 16.5. The Balaban J connectivity index is 1.19. The first kappa shape index (κ1) is 31.2. The molecule has 1 atom stereocenters. The van der Waals surface area contributed by atoms with Gasteiger partial charge in [0.05, 0.1) is 11.4 Å². The molecule has 2 nitrogen and oxygen atoms in total. The van der Waals surface area contributed by atoms with Crippen LogP contribution in [0.25, 0.3) is 71.3 Å². The average molecular weight is 694 g/mol. The van der Waals surface area contributed by atoms with Gasteiger partial charge in [0.2, 0.25) is 0 Å². The molecule has 0 amide bonds. The van der Waals surface area contributed by atoms with E-state index in [9.17, 15) is 0 Å². The molecule has 0 saturated heterocycles. The standard InChI is InChI=1S/C52H39NO/c1-52(2)44-20-9-8-16-38(44)39-26-24-34(30-45(39)52)51-41-18-7-6-17-40(41)50(35-25-28-49-47(31-35)53(3)46-21-10-11-22-48(46)54-49)42-27-23-33(29-43(42)51)37-19-12-14-32-13-4-5-15-36(32)37/h4-27,29-31,49H,28H2,1-3H3. The van der Waals surface area contributed by atoms with E-state index in [2.05, 4.69) is 190 Å². The van der Waals surface area contributed by atoms with Gasteiger partial charge in [-0.2, -0.15) is 0 Å². The van der Waals surface area contributed by atoms with Crippen LogP contribution < -0.4 is 9.64 Å². The number of anilines is 1. The van der Waals surface area contributed by atoms with Gasteiger partial charge in [0.1, 0.15) is 11.9 Å². The van der Waals surface area contributed by atoms with Gasteiger partial charge in [0, 0.05) is 18.9 Å². The monoisotopic (exact) mass is 693 g/mol. The van der Waals surface area contributed by atoms with E-state index in [1.54, 1.807) is 0 Å². The highest BCUT2D eigenvalue weighted by molar-refractivity contribution is 6.20. The maximum atomic E-state index is 6.56. The van der Waals surface area contributed by atoms with Crippen molar-refractivity contribution in [3.63, 3.8) is 0 Å². The second kappa shape index (κ2) is 11.6. The molecule has 54 heavy (non-hydrogen) atoms. The van der Waals surface area contributed by atoms with Crippen molar-refractivity contribution in [2.24, 2.45) is 0 Å². The maximum Gasteiger partial charge on any atom is 0.143 e. The van der Waals surface area contributed by atoms with E-state index in [1.807, 2.05) is 0 Å². The molecule has 2 aliphatic carbocycles. The van der Waals surface area contributed by atoms with Crippen LogP contribution in [0, 0.1) is 0 Å². The summed E-state index contributed by atoms with van der Waals surface area (Å²) in [5.74, 6) is 0.945. The van der Waals surface area contributed by atoms with Gasteiger partial charge in [-0.05, 0) is 118 Å². The van der Waals surface area contributed by atoms with Crippen molar-refractivity contribution >= 4 is 43.6 Å². The largest absolute Gasteiger partial charge is 0.482 e. The summed E-state index contributed by atoms with van der Waals surface area (Å²) in [5, 5.41) is 7.58. The van der Waals surface area contributed by atoms with Crippen LogP contribution in [-0.4, -0.2) is 13.2 Å². The number of benzene rings is 8. The lowest BCUT2D eigenvalue weighted by Crippen LogP contribution is -2.36. The van der Waals surface area contributed by atoms with E-state index in [0.29, 0.717) is 0 Å². The van der Waals surface area contributed by atoms with Crippen molar-refractivity contribution < 1.29 is 4.74 Å². The van der Waals surface area contributed by atoms with Gasteiger partial charge < -0.3 is 9.64 Å². The number of nitrogens with zero attached hydrogens (tertiary/aromatic N) is 1. The zero-order chi connectivity index (χ0) is 36.1. The summed E-state index contributed by atoms with van der Waals surface area (Å²) in [4.78, 5) is 2.32. The van der Waals surface area contributed by atoms with Crippen molar-refractivity contribution in [3.8, 4) is 39.1 Å². The van der Waals surface area contributed by atoms with E-state index < -0.39 is 0 Å². The van der Waals surface area contributed by atoms with E-state index in [1.165, 1.54) is 93.7 Å². The van der Waals surface area contributed by atoms with Crippen LogP contribution >= 0.6 is 0 Å². The number of ether oxygens (including phenoxy) is 1. The van der Waals surface area contributed by atoms with Gasteiger partial charge in [0.15, 0.2) is 0 Å². The van der Waals surface area contributed by atoms with Crippen molar-refractivity contribution in [3.05, 3.63) is 186 Å². The first-order chi connectivity index (χ1) is 26.5. The minimum absolute atomic E-state index is 0.0118. The zero-order valence-corrected chi connectivity index (χ0v) is 30.7. The Hall–Kier alpha value is -6.38. The minimum atomic E-state index is -0.0933. The van der Waals surface area contributed by atoms with Gasteiger partial charge >= 0.3 is 0 Å². The lowest BCUT2D eigenvalue weighted by atomic mass is 9.80. The number of fused-ring (bicyclic) bond motifs is 8. The number of para-hydroxylation sites is 2. The Bertz CT molecular complexity index is 2940. The number of hydrogen-bond acceptors (Lipinski definition) is 2. The SMILES string of the molecule is CN1C2=CC(c3c4ccccc4c(-c4ccc5c(c4)C(C)(C)c4ccccc4-5)c4cc(-c5cccc6ccccc56)ccc34)=CCC2Oc2ccccc21. The Kier molecular flexibility index (Phi) is 6.67. The topological polar surface area (TPSA) is 12.5 Å². The highest BCUT2D eigenvalue weighted by Crippen LogP contribution is 2.52. The summed E-state index contributed by atoms with van der Waals surface area (Å²) in [5.41, 5.74) is 15.2. The molecular weight excluding hydrogens is 655 g/mol. The fraction of sp³-hybridized carbons (Fsp3) is 0.115. The second-order valence-corrected chi connectivity index (χ2v) is 15.6. The summed E-state index contributed by atoms with van der Waals surface area (Å²) in [6, 6.07) is 56.1. The summed E-state index contributed by atoms with van der Waals surface area (Å²) >= 11 is 0. The van der Waals surface area contributed by atoms with E-state index >= 15 is 0 Å². The Morgan fingerprint density at radius 2 is 1.22 bits per heavy atom. The number of likely N-dealkylation sites (N-methyl/N-ethyl adjacent to an activating group) is 1. The van der Waals surface area contributed by atoms with Crippen LogP contribution in [0.5, 0.6) is 5.75 Å². The third-order valence-electron chi connectivity index (χ3n) is 12.4. The molecule has 1 heterocycles. The van der Waals surface area contributed by atoms with E-state index in [-0.39, 0.29) is 11.5 Å². The van der Waals surface area contributed by atoms with Gasteiger partial charge in [-0.15, -0.1) is 0 Å². The molecule has 2 heteroatoms. The van der Waals surface area contributed by atoms with Crippen LogP contribution in [-0.2, 0) is 5.41 Å². The molecule has 0 spiro atoms. The predicted octanol–water partition coefficient (Wildman–Crippen LogP) is 13.4. The van der Waals surface area contributed by atoms with Gasteiger partial charge in [-0.1, -0.05) is 147 Å².